The number of carbonyl (C=O) groups is 1. The van der Waals surface area contributed by atoms with Gasteiger partial charge >= 0.3 is 0 Å². The van der Waals surface area contributed by atoms with Crippen LogP contribution in [-0.2, 0) is 4.79 Å². The van der Waals surface area contributed by atoms with Gasteiger partial charge in [-0.2, -0.15) is 0 Å². The highest BCUT2D eigenvalue weighted by molar-refractivity contribution is 5.75. The number of primary amides is 1. The molecule has 0 aromatic carbocycles. The first kappa shape index (κ1) is 10.5. The van der Waals surface area contributed by atoms with E-state index in [-0.39, 0.29) is 5.91 Å². The summed E-state index contributed by atoms with van der Waals surface area (Å²) >= 11 is 0. The SMILES string of the molecule is CCC1CN(CC(N)=O)CCN1C. The van der Waals surface area contributed by atoms with Crippen LogP contribution in [0.3, 0.4) is 0 Å². The Morgan fingerprint density at radius 2 is 2.23 bits per heavy atom. The Bertz CT molecular complexity index is 184. The van der Waals surface area contributed by atoms with Gasteiger partial charge < -0.3 is 10.6 Å². The maximum Gasteiger partial charge on any atom is 0.231 e. The van der Waals surface area contributed by atoms with Gasteiger partial charge in [-0.25, -0.2) is 0 Å². The summed E-state index contributed by atoms with van der Waals surface area (Å²) < 4.78 is 0. The number of piperazine rings is 1. The van der Waals surface area contributed by atoms with Gasteiger partial charge in [0.1, 0.15) is 0 Å². The molecule has 1 saturated heterocycles. The second kappa shape index (κ2) is 4.58. The van der Waals surface area contributed by atoms with Crippen molar-refractivity contribution in [1.82, 2.24) is 9.80 Å². The van der Waals surface area contributed by atoms with E-state index in [9.17, 15) is 4.79 Å². The third kappa shape index (κ3) is 2.97. The number of likely N-dealkylation sites (N-methyl/N-ethyl adjacent to an activating group) is 1. The fraction of sp³-hybridized carbons (Fsp3) is 0.889. The fourth-order valence-corrected chi connectivity index (χ4v) is 1.82. The molecule has 1 aliphatic rings. The molecule has 1 fully saturated rings. The Hall–Kier alpha value is -0.610. The topological polar surface area (TPSA) is 49.6 Å². The minimum atomic E-state index is -0.223. The molecular formula is C9H19N3O. The number of hydrogen-bond acceptors (Lipinski definition) is 3. The first-order chi connectivity index (χ1) is 6.13. The van der Waals surface area contributed by atoms with Crippen LogP contribution >= 0.6 is 0 Å². The summed E-state index contributed by atoms with van der Waals surface area (Å²) in [4.78, 5) is 15.2. The lowest BCUT2D eigenvalue weighted by atomic mass is 10.1. The Kier molecular flexibility index (Phi) is 3.69. The molecule has 1 amide bonds. The quantitative estimate of drug-likeness (QED) is 0.645. The van der Waals surface area contributed by atoms with E-state index in [1.807, 2.05) is 0 Å². The summed E-state index contributed by atoms with van der Waals surface area (Å²) in [5.74, 6) is -0.223. The molecule has 13 heavy (non-hydrogen) atoms. The molecule has 1 atom stereocenters. The number of nitrogens with zero attached hydrogens (tertiary/aromatic N) is 2. The lowest BCUT2D eigenvalue weighted by Gasteiger charge is -2.38. The highest BCUT2D eigenvalue weighted by Gasteiger charge is 2.23. The lowest BCUT2D eigenvalue weighted by molar-refractivity contribution is -0.119. The largest absolute Gasteiger partial charge is 0.369 e. The third-order valence-corrected chi connectivity index (χ3v) is 2.71. The molecule has 2 N–H and O–H groups in total. The van der Waals surface area contributed by atoms with E-state index in [1.54, 1.807) is 0 Å². The van der Waals surface area contributed by atoms with E-state index in [0.29, 0.717) is 12.6 Å². The van der Waals surface area contributed by atoms with Crippen LogP contribution in [0.1, 0.15) is 13.3 Å². The smallest absolute Gasteiger partial charge is 0.231 e. The Morgan fingerprint density at radius 1 is 1.54 bits per heavy atom. The molecule has 76 valence electrons. The fourth-order valence-electron chi connectivity index (χ4n) is 1.82. The molecule has 0 aromatic heterocycles. The highest BCUT2D eigenvalue weighted by atomic mass is 16.1. The minimum Gasteiger partial charge on any atom is -0.369 e. The van der Waals surface area contributed by atoms with Gasteiger partial charge in [0.2, 0.25) is 5.91 Å². The van der Waals surface area contributed by atoms with Gasteiger partial charge in [0.15, 0.2) is 0 Å². The molecule has 0 aromatic rings. The predicted octanol–water partition coefficient (Wildman–Crippen LogP) is -0.502. The first-order valence-electron chi connectivity index (χ1n) is 4.84. The minimum absolute atomic E-state index is 0.223. The van der Waals surface area contributed by atoms with Crippen molar-refractivity contribution in [2.24, 2.45) is 5.73 Å². The zero-order valence-electron chi connectivity index (χ0n) is 8.49. The zero-order chi connectivity index (χ0) is 9.84. The molecule has 1 heterocycles. The van der Waals surface area contributed by atoms with Crippen molar-refractivity contribution in [3.05, 3.63) is 0 Å². The van der Waals surface area contributed by atoms with Crippen molar-refractivity contribution in [1.29, 1.82) is 0 Å². The molecule has 0 saturated carbocycles. The van der Waals surface area contributed by atoms with Crippen molar-refractivity contribution in [2.75, 3.05) is 33.2 Å². The van der Waals surface area contributed by atoms with Crippen LogP contribution < -0.4 is 5.73 Å². The van der Waals surface area contributed by atoms with E-state index in [2.05, 4.69) is 23.8 Å². The van der Waals surface area contributed by atoms with Crippen LogP contribution in [0.15, 0.2) is 0 Å². The van der Waals surface area contributed by atoms with Gasteiger partial charge in [-0.3, -0.25) is 9.69 Å². The van der Waals surface area contributed by atoms with Gasteiger partial charge in [-0.15, -0.1) is 0 Å². The summed E-state index contributed by atoms with van der Waals surface area (Å²) in [6, 6.07) is 0.577. The molecule has 4 heteroatoms. The second-order valence-electron chi connectivity index (χ2n) is 3.74. The normalized spacial score (nSPS) is 26.2. The van der Waals surface area contributed by atoms with Crippen LogP contribution in [0.25, 0.3) is 0 Å². The van der Waals surface area contributed by atoms with Crippen LogP contribution in [0.5, 0.6) is 0 Å². The standard InChI is InChI=1S/C9H19N3O/c1-3-8-6-12(7-9(10)13)5-4-11(8)2/h8H,3-7H2,1-2H3,(H2,10,13). The molecule has 1 unspecified atom stereocenters. The maximum absolute atomic E-state index is 10.7. The number of carbonyl (C=O) groups excluding carboxylic acids is 1. The Labute approximate surface area is 79.7 Å². The monoisotopic (exact) mass is 185 g/mol. The van der Waals surface area contributed by atoms with E-state index < -0.39 is 0 Å². The molecule has 0 bridgehead atoms. The molecule has 1 aliphatic heterocycles. The van der Waals surface area contributed by atoms with Crippen LogP contribution in [0.4, 0.5) is 0 Å². The Morgan fingerprint density at radius 3 is 2.77 bits per heavy atom. The van der Waals surface area contributed by atoms with E-state index >= 15 is 0 Å². The number of rotatable bonds is 3. The Balaban J connectivity index is 2.40. The third-order valence-electron chi connectivity index (χ3n) is 2.71. The van der Waals surface area contributed by atoms with Crippen molar-refractivity contribution >= 4 is 5.91 Å². The van der Waals surface area contributed by atoms with Gasteiger partial charge in [0, 0.05) is 25.7 Å². The summed E-state index contributed by atoms with van der Waals surface area (Å²) in [6.07, 6.45) is 1.13. The summed E-state index contributed by atoms with van der Waals surface area (Å²) in [6.45, 7) is 5.54. The molecule has 0 aliphatic carbocycles. The molecule has 0 radical (unpaired) electrons. The average Bonchev–Trinajstić information content (AvgIpc) is 2.07. The van der Waals surface area contributed by atoms with Crippen molar-refractivity contribution < 1.29 is 4.79 Å². The summed E-state index contributed by atoms with van der Waals surface area (Å²) in [5, 5.41) is 0. The lowest BCUT2D eigenvalue weighted by Crippen LogP contribution is -2.52. The maximum atomic E-state index is 10.7. The van der Waals surface area contributed by atoms with Gasteiger partial charge in [-0.05, 0) is 13.5 Å². The zero-order valence-corrected chi connectivity index (χ0v) is 8.49. The van der Waals surface area contributed by atoms with Crippen LogP contribution in [-0.4, -0.2) is 55.0 Å². The molecular weight excluding hydrogens is 166 g/mol. The summed E-state index contributed by atoms with van der Waals surface area (Å²) in [5.41, 5.74) is 5.15. The second-order valence-corrected chi connectivity index (χ2v) is 3.74. The van der Waals surface area contributed by atoms with E-state index in [1.165, 1.54) is 0 Å². The van der Waals surface area contributed by atoms with E-state index in [0.717, 1.165) is 26.1 Å². The molecule has 4 nitrogen and oxygen atoms in total. The predicted molar refractivity (Wildman–Crippen MR) is 52.3 cm³/mol. The molecule has 0 spiro atoms. The van der Waals surface area contributed by atoms with Gasteiger partial charge in [-0.1, -0.05) is 6.92 Å². The van der Waals surface area contributed by atoms with Crippen LogP contribution in [0.2, 0.25) is 0 Å². The van der Waals surface area contributed by atoms with Crippen molar-refractivity contribution in [2.45, 2.75) is 19.4 Å². The van der Waals surface area contributed by atoms with Gasteiger partial charge in [0.25, 0.3) is 0 Å². The van der Waals surface area contributed by atoms with Crippen molar-refractivity contribution in [3.8, 4) is 0 Å². The van der Waals surface area contributed by atoms with E-state index in [4.69, 9.17) is 5.73 Å². The number of nitrogens with two attached hydrogens (primary N) is 1. The average molecular weight is 185 g/mol. The highest BCUT2D eigenvalue weighted by Crippen LogP contribution is 2.09. The molecule has 1 rings (SSSR count). The van der Waals surface area contributed by atoms with Crippen molar-refractivity contribution in [3.63, 3.8) is 0 Å². The first-order valence-corrected chi connectivity index (χ1v) is 4.84. The number of hydrogen-bond donors (Lipinski definition) is 1. The van der Waals surface area contributed by atoms with Crippen LogP contribution in [0, 0.1) is 0 Å². The van der Waals surface area contributed by atoms with Gasteiger partial charge in [0.05, 0.1) is 6.54 Å². The number of amides is 1. The summed E-state index contributed by atoms with van der Waals surface area (Å²) in [7, 11) is 2.13.